The van der Waals surface area contributed by atoms with E-state index in [1.165, 1.54) is 12.1 Å². The van der Waals surface area contributed by atoms with Crippen LogP contribution in [0.3, 0.4) is 0 Å². The van der Waals surface area contributed by atoms with E-state index >= 15 is 0 Å². The maximum atomic E-state index is 12.6. The molecular formula is C20H20F3N2O3-. The summed E-state index contributed by atoms with van der Waals surface area (Å²) in [7, 11) is 0. The summed E-state index contributed by atoms with van der Waals surface area (Å²) in [6.07, 6.45) is -4.28. The molecule has 0 heterocycles. The maximum Gasteiger partial charge on any atom is 0.416 e. The number of carbonyl (C=O) groups excluding carboxylic acids is 1. The lowest BCUT2D eigenvalue weighted by molar-refractivity contribution is -0.246. The average molecular weight is 393 g/mol. The van der Waals surface area contributed by atoms with Gasteiger partial charge in [0.25, 0.3) is 0 Å². The van der Waals surface area contributed by atoms with Gasteiger partial charge in [-0.3, -0.25) is 0 Å². The van der Waals surface area contributed by atoms with Crippen LogP contribution in [-0.2, 0) is 19.0 Å². The normalized spacial score (nSPS) is 16.4. The van der Waals surface area contributed by atoms with Crippen LogP contribution in [0, 0.1) is 0 Å². The first kappa shape index (κ1) is 20.0. The third-order valence-corrected chi connectivity index (χ3v) is 4.80. The van der Waals surface area contributed by atoms with E-state index < -0.39 is 23.9 Å². The van der Waals surface area contributed by atoms with Crippen LogP contribution in [0.4, 0.5) is 29.3 Å². The van der Waals surface area contributed by atoms with Gasteiger partial charge in [-0.25, -0.2) is 0 Å². The molecule has 0 aromatic heterocycles. The smallest absolute Gasteiger partial charge is 0.416 e. The lowest BCUT2D eigenvalue weighted by atomic mass is 9.89. The third kappa shape index (κ3) is 4.75. The van der Waals surface area contributed by atoms with Crippen molar-refractivity contribution in [1.29, 1.82) is 0 Å². The van der Waals surface area contributed by atoms with Crippen LogP contribution in [0.5, 0.6) is 0 Å². The molecule has 0 spiro atoms. The lowest BCUT2D eigenvalue weighted by Gasteiger charge is -2.28. The van der Waals surface area contributed by atoms with Crippen LogP contribution in [0.1, 0.15) is 23.1 Å². The van der Waals surface area contributed by atoms with Crippen LogP contribution in [0.25, 0.3) is 0 Å². The van der Waals surface area contributed by atoms with Crippen molar-refractivity contribution >= 4 is 17.5 Å². The Kier molecular flexibility index (Phi) is 5.79. The molecule has 1 amide bonds. The Balaban J connectivity index is 1.64. The number of rotatable bonds is 5. The zero-order chi connectivity index (χ0) is 20.3. The van der Waals surface area contributed by atoms with E-state index in [-0.39, 0.29) is 13.1 Å². The number of anilines is 2. The molecule has 1 atom stereocenters. The van der Waals surface area contributed by atoms with Crippen molar-refractivity contribution in [1.82, 2.24) is 0 Å². The molecule has 0 saturated heterocycles. The number of nitrogens with zero attached hydrogens (tertiary/aromatic N) is 1. The van der Waals surface area contributed by atoms with Crippen molar-refractivity contribution in [2.24, 2.45) is 0 Å². The second-order valence-electron chi connectivity index (χ2n) is 6.77. The van der Waals surface area contributed by atoms with Crippen molar-refractivity contribution < 1.29 is 28.2 Å². The molecule has 0 aliphatic heterocycles. The molecule has 2 aromatic rings. The van der Waals surface area contributed by atoms with E-state index in [0.717, 1.165) is 34.6 Å². The van der Waals surface area contributed by atoms with Crippen molar-refractivity contribution in [3.8, 4) is 0 Å². The Hall–Kier alpha value is -2.74. The van der Waals surface area contributed by atoms with E-state index in [1.807, 2.05) is 6.07 Å². The van der Waals surface area contributed by atoms with Gasteiger partial charge >= 0.3 is 6.18 Å². The fourth-order valence-corrected chi connectivity index (χ4v) is 3.31. The monoisotopic (exact) mass is 393 g/mol. The summed E-state index contributed by atoms with van der Waals surface area (Å²) in [6, 6.07) is 9.83. The van der Waals surface area contributed by atoms with Gasteiger partial charge in [-0.15, -0.1) is 0 Å². The Morgan fingerprint density at radius 2 is 1.89 bits per heavy atom. The quantitative estimate of drug-likeness (QED) is 0.819. The number of amides is 1. The molecule has 1 aliphatic rings. The van der Waals surface area contributed by atoms with E-state index in [2.05, 4.69) is 5.32 Å². The number of halogens is 3. The van der Waals surface area contributed by atoms with Crippen LogP contribution >= 0.6 is 0 Å². The summed E-state index contributed by atoms with van der Waals surface area (Å²) < 4.78 is 37.7. The van der Waals surface area contributed by atoms with Crippen LogP contribution < -0.4 is 15.3 Å². The SMILES string of the molecule is O=C([O-])N(CCNc1ccc(C(F)(F)F)cc1)c1ccc2c(c1)CC(O)CC2. The molecule has 3 rings (SSSR count). The molecule has 28 heavy (non-hydrogen) atoms. The van der Waals surface area contributed by atoms with Crippen molar-refractivity contribution in [3.05, 3.63) is 59.2 Å². The minimum Gasteiger partial charge on any atom is -0.530 e. The lowest BCUT2D eigenvalue weighted by Crippen LogP contribution is -2.43. The summed E-state index contributed by atoms with van der Waals surface area (Å²) in [5.74, 6) is 0. The topological polar surface area (TPSA) is 75.6 Å². The van der Waals surface area contributed by atoms with E-state index in [4.69, 9.17) is 0 Å². The number of hydrogen-bond donors (Lipinski definition) is 2. The van der Waals surface area contributed by atoms with Gasteiger partial charge in [0.05, 0.1) is 11.7 Å². The van der Waals surface area contributed by atoms with Gasteiger partial charge in [-0.05, 0) is 66.8 Å². The number of alkyl halides is 3. The summed E-state index contributed by atoms with van der Waals surface area (Å²) in [5.41, 5.74) is 2.17. The highest BCUT2D eigenvalue weighted by molar-refractivity contribution is 5.84. The zero-order valence-electron chi connectivity index (χ0n) is 15.0. The van der Waals surface area contributed by atoms with Crippen molar-refractivity contribution in [3.63, 3.8) is 0 Å². The molecule has 1 aliphatic carbocycles. The molecular weight excluding hydrogens is 373 g/mol. The zero-order valence-corrected chi connectivity index (χ0v) is 15.0. The fourth-order valence-electron chi connectivity index (χ4n) is 3.31. The Morgan fingerprint density at radius 1 is 1.18 bits per heavy atom. The number of fused-ring (bicyclic) bond motifs is 1. The molecule has 2 N–H and O–H groups in total. The predicted octanol–water partition coefficient (Wildman–Crippen LogP) is 2.82. The number of aliphatic hydroxyl groups excluding tert-OH is 1. The van der Waals surface area contributed by atoms with Gasteiger partial charge in [-0.1, -0.05) is 6.07 Å². The van der Waals surface area contributed by atoms with E-state index in [0.29, 0.717) is 24.2 Å². The molecule has 0 bridgehead atoms. The van der Waals surface area contributed by atoms with Crippen LogP contribution in [0.2, 0.25) is 0 Å². The number of nitrogens with one attached hydrogen (secondary N) is 1. The Bertz CT molecular complexity index is 838. The number of carbonyl (C=O) groups is 1. The first-order valence-electron chi connectivity index (χ1n) is 8.93. The maximum absolute atomic E-state index is 12.6. The summed E-state index contributed by atoms with van der Waals surface area (Å²) in [6.45, 7) is 0.254. The molecule has 0 fully saturated rings. The first-order chi connectivity index (χ1) is 13.2. The van der Waals surface area contributed by atoms with Gasteiger partial charge in [0.1, 0.15) is 6.09 Å². The molecule has 8 heteroatoms. The highest BCUT2D eigenvalue weighted by Gasteiger charge is 2.29. The van der Waals surface area contributed by atoms with Crippen LogP contribution in [-0.4, -0.2) is 30.4 Å². The van der Waals surface area contributed by atoms with Gasteiger partial charge in [0.15, 0.2) is 0 Å². The molecule has 1 unspecified atom stereocenters. The Morgan fingerprint density at radius 3 is 2.54 bits per heavy atom. The third-order valence-electron chi connectivity index (χ3n) is 4.80. The fraction of sp³-hybridized carbons (Fsp3) is 0.350. The van der Waals surface area contributed by atoms with Crippen molar-refractivity contribution in [2.45, 2.75) is 31.5 Å². The average Bonchev–Trinajstić information content (AvgIpc) is 2.64. The van der Waals surface area contributed by atoms with Crippen LogP contribution in [0.15, 0.2) is 42.5 Å². The number of benzene rings is 2. The van der Waals surface area contributed by atoms with Crippen molar-refractivity contribution in [2.75, 3.05) is 23.3 Å². The summed E-state index contributed by atoms with van der Waals surface area (Å²) in [5, 5.41) is 24.3. The Labute approximate surface area is 160 Å². The van der Waals surface area contributed by atoms with E-state index in [1.54, 1.807) is 12.1 Å². The highest BCUT2D eigenvalue weighted by Crippen LogP contribution is 2.30. The number of aliphatic hydroxyl groups is 1. The molecule has 0 radical (unpaired) electrons. The number of hydrogen-bond acceptors (Lipinski definition) is 4. The number of carboxylic acid groups (broad SMARTS) is 1. The second kappa shape index (κ2) is 8.10. The van der Waals surface area contributed by atoms with E-state index in [9.17, 15) is 28.2 Å². The largest absolute Gasteiger partial charge is 0.530 e. The first-order valence-corrected chi connectivity index (χ1v) is 8.93. The molecule has 150 valence electrons. The predicted molar refractivity (Wildman–Crippen MR) is 97.1 cm³/mol. The molecule has 2 aromatic carbocycles. The van der Waals surface area contributed by atoms with Gasteiger partial charge in [0, 0.05) is 24.5 Å². The summed E-state index contributed by atoms with van der Waals surface area (Å²) >= 11 is 0. The molecule has 0 saturated carbocycles. The number of aryl methyl sites for hydroxylation is 1. The molecule has 5 nitrogen and oxygen atoms in total. The highest BCUT2D eigenvalue weighted by atomic mass is 19.4. The summed E-state index contributed by atoms with van der Waals surface area (Å²) in [4.78, 5) is 12.6. The standard InChI is InChI=1S/C20H21F3N2O3/c21-20(22,23)15-3-5-16(6-4-15)24-9-10-25(19(27)28)17-7-1-13-2-8-18(26)12-14(13)11-17/h1,3-7,11,18,24,26H,2,8-10,12H2,(H,27,28)/p-1. The van der Waals surface area contributed by atoms with Gasteiger partial charge < -0.3 is 25.2 Å². The van der Waals surface area contributed by atoms with Gasteiger partial charge in [0.2, 0.25) is 0 Å². The minimum absolute atomic E-state index is 0.0602. The second-order valence-corrected chi connectivity index (χ2v) is 6.77. The minimum atomic E-state index is -4.40. The van der Waals surface area contributed by atoms with Gasteiger partial charge in [-0.2, -0.15) is 13.2 Å².